The molecule has 1 aromatic heterocycles. The molecule has 0 saturated carbocycles. The summed E-state index contributed by atoms with van der Waals surface area (Å²) in [6.07, 6.45) is 1.86. The molecule has 1 fully saturated rings. The van der Waals surface area contributed by atoms with Gasteiger partial charge in [0.05, 0.1) is 12.7 Å². The first-order valence-corrected chi connectivity index (χ1v) is 9.80. The van der Waals surface area contributed by atoms with Crippen LogP contribution in [0.1, 0.15) is 49.6 Å². The number of nitrogens with zero attached hydrogens (tertiary/aromatic N) is 5. The minimum absolute atomic E-state index is 0.0531. The predicted molar refractivity (Wildman–Crippen MR) is 109 cm³/mol. The Hall–Kier alpha value is -3.53. The molecule has 1 saturated heterocycles. The molecule has 2 aromatic rings. The van der Waals surface area contributed by atoms with Crippen LogP contribution in [0.2, 0.25) is 0 Å². The van der Waals surface area contributed by atoms with Crippen LogP contribution in [0.25, 0.3) is 0 Å². The lowest BCUT2D eigenvalue weighted by molar-refractivity contribution is -0.126. The molecular formula is C21H23FN6O3. The van der Waals surface area contributed by atoms with Crippen LogP contribution in [-0.4, -0.2) is 38.9 Å². The highest BCUT2D eigenvalue weighted by Crippen LogP contribution is 2.37. The molecule has 162 valence electrons. The number of nitrogens with two attached hydrogens (primary N) is 1. The largest absolute Gasteiger partial charge is 0.384 e. The van der Waals surface area contributed by atoms with Gasteiger partial charge in [-0.3, -0.25) is 9.69 Å². The zero-order valence-electron chi connectivity index (χ0n) is 17.3. The Morgan fingerprint density at radius 3 is 2.74 bits per heavy atom. The predicted octanol–water partition coefficient (Wildman–Crippen LogP) is 2.77. The lowest BCUT2D eigenvalue weighted by Gasteiger charge is -2.30. The van der Waals surface area contributed by atoms with E-state index in [1.165, 1.54) is 28.4 Å². The summed E-state index contributed by atoms with van der Waals surface area (Å²) in [7, 11) is 0. The molecule has 2 atom stereocenters. The van der Waals surface area contributed by atoms with Crippen molar-refractivity contribution in [3.05, 3.63) is 71.0 Å². The third-order valence-corrected chi connectivity index (χ3v) is 5.12. The van der Waals surface area contributed by atoms with Crippen molar-refractivity contribution in [3.63, 3.8) is 0 Å². The summed E-state index contributed by atoms with van der Waals surface area (Å²) in [6.45, 7) is 7.75. The van der Waals surface area contributed by atoms with Crippen LogP contribution < -0.4 is 5.73 Å². The van der Waals surface area contributed by atoms with E-state index >= 15 is 0 Å². The zero-order valence-corrected chi connectivity index (χ0v) is 17.3. The van der Waals surface area contributed by atoms with Gasteiger partial charge in [0.25, 0.3) is 5.91 Å². The average Bonchev–Trinajstić information content (AvgIpc) is 3.39. The van der Waals surface area contributed by atoms with E-state index in [4.69, 9.17) is 15.0 Å². The van der Waals surface area contributed by atoms with Gasteiger partial charge in [-0.05, 0) is 43.5 Å². The van der Waals surface area contributed by atoms with Crippen LogP contribution in [-0.2, 0) is 16.1 Å². The minimum atomic E-state index is -0.290. The smallest absolute Gasteiger partial charge is 0.278 e. The summed E-state index contributed by atoms with van der Waals surface area (Å²) in [5.41, 5.74) is 7.72. The van der Waals surface area contributed by atoms with Gasteiger partial charge in [0, 0.05) is 5.92 Å². The Morgan fingerprint density at radius 1 is 1.32 bits per heavy atom. The van der Waals surface area contributed by atoms with Crippen molar-refractivity contribution in [1.29, 1.82) is 0 Å². The molecule has 1 aromatic carbocycles. The molecule has 2 aliphatic heterocycles. The fourth-order valence-corrected chi connectivity index (χ4v) is 3.57. The number of aromatic nitrogens is 2. The molecule has 4 rings (SSSR count). The number of hydrogen-bond acceptors (Lipinski definition) is 8. The first-order valence-electron chi connectivity index (χ1n) is 9.80. The number of ether oxygens (including phenoxy) is 1. The van der Waals surface area contributed by atoms with Gasteiger partial charge in [-0.1, -0.05) is 23.9 Å². The Bertz CT molecular complexity index is 1060. The summed E-state index contributed by atoms with van der Waals surface area (Å²) in [5, 5.41) is 9.56. The van der Waals surface area contributed by atoms with E-state index in [0.717, 1.165) is 11.1 Å². The van der Waals surface area contributed by atoms with Crippen LogP contribution in [0, 0.1) is 5.82 Å². The van der Waals surface area contributed by atoms with Crippen LogP contribution in [0.15, 0.2) is 57.6 Å². The van der Waals surface area contributed by atoms with E-state index in [9.17, 15) is 9.18 Å². The number of allylic oxidation sites excluding steroid dienone is 1. The molecular weight excluding hydrogens is 403 g/mol. The number of hydrazone groups is 1. The minimum Gasteiger partial charge on any atom is -0.384 e. The van der Waals surface area contributed by atoms with Crippen molar-refractivity contribution in [1.82, 2.24) is 20.0 Å². The number of rotatable bonds is 5. The second-order valence-electron chi connectivity index (χ2n) is 7.67. The molecule has 0 spiro atoms. The Kier molecular flexibility index (Phi) is 5.55. The molecule has 0 aliphatic carbocycles. The maximum Gasteiger partial charge on any atom is 0.278 e. The molecule has 9 nitrogen and oxygen atoms in total. The van der Waals surface area contributed by atoms with Crippen molar-refractivity contribution in [3.8, 4) is 0 Å². The number of carbonyl (C=O) groups is 1. The number of amides is 1. The number of halogens is 1. The van der Waals surface area contributed by atoms with Crippen LogP contribution >= 0.6 is 0 Å². The average molecular weight is 426 g/mol. The lowest BCUT2D eigenvalue weighted by atomic mass is 10.00. The second-order valence-corrected chi connectivity index (χ2v) is 7.67. The first kappa shape index (κ1) is 20.7. The van der Waals surface area contributed by atoms with Crippen molar-refractivity contribution in [2.24, 2.45) is 10.8 Å². The highest BCUT2D eigenvalue weighted by Gasteiger charge is 2.33. The van der Waals surface area contributed by atoms with E-state index in [1.807, 2.05) is 0 Å². The molecule has 0 radical (unpaired) electrons. The van der Waals surface area contributed by atoms with Gasteiger partial charge in [0.15, 0.2) is 5.82 Å². The van der Waals surface area contributed by atoms with Gasteiger partial charge in [-0.2, -0.15) is 10.1 Å². The van der Waals surface area contributed by atoms with Gasteiger partial charge in [0.2, 0.25) is 5.89 Å². The van der Waals surface area contributed by atoms with Gasteiger partial charge < -0.3 is 15.0 Å². The molecule has 0 bridgehead atoms. The summed E-state index contributed by atoms with van der Waals surface area (Å²) < 4.78 is 24.3. The van der Waals surface area contributed by atoms with Crippen molar-refractivity contribution in [2.45, 2.75) is 38.8 Å². The molecule has 31 heavy (non-hydrogen) atoms. The maximum atomic E-state index is 13.1. The highest BCUT2D eigenvalue weighted by molar-refractivity contribution is 6.01. The third kappa shape index (κ3) is 4.19. The quantitative estimate of drug-likeness (QED) is 0.732. The standard InChI is InChI=1S/C21H23FN6O3/c1-12(2)19-21(29)27(11-24-28(19)13(3)23)9-18-25-20(26-31-18)15-8-17(30-10-15)14-4-6-16(22)7-5-14/h4-7,11,15,17H,3,8-10,23H2,1-2H3/t15-,17+/m0/s1. The Labute approximate surface area is 178 Å². The SMILES string of the molecule is C=C(N)N1N=CN(Cc2nc([C@@H]3CO[C@@H](c4ccc(F)cc4)C3)no2)C(=O)C1=C(C)C. The van der Waals surface area contributed by atoms with E-state index in [0.29, 0.717) is 24.5 Å². The molecule has 2 aliphatic rings. The van der Waals surface area contributed by atoms with E-state index in [2.05, 4.69) is 21.8 Å². The Morgan fingerprint density at radius 2 is 2.06 bits per heavy atom. The summed E-state index contributed by atoms with van der Waals surface area (Å²) in [4.78, 5) is 18.7. The fourth-order valence-electron chi connectivity index (χ4n) is 3.57. The van der Waals surface area contributed by atoms with E-state index < -0.39 is 0 Å². The van der Waals surface area contributed by atoms with Gasteiger partial charge >= 0.3 is 0 Å². The maximum absolute atomic E-state index is 13.1. The molecule has 0 unspecified atom stereocenters. The van der Waals surface area contributed by atoms with Crippen LogP contribution in [0.4, 0.5) is 4.39 Å². The fraction of sp³-hybridized carbons (Fsp3) is 0.333. The van der Waals surface area contributed by atoms with Crippen molar-refractivity contribution in [2.75, 3.05) is 6.61 Å². The monoisotopic (exact) mass is 426 g/mol. The third-order valence-electron chi connectivity index (χ3n) is 5.12. The zero-order chi connectivity index (χ0) is 22.1. The van der Waals surface area contributed by atoms with Crippen LogP contribution in [0.5, 0.6) is 0 Å². The number of benzene rings is 1. The summed E-state index contributed by atoms with van der Waals surface area (Å²) in [5.74, 6) is 0.322. The van der Waals surface area contributed by atoms with E-state index in [1.54, 1.807) is 26.0 Å². The number of carbonyl (C=O) groups excluding carboxylic acids is 1. The van der Waals surface area contributed by atoms with Gasteiger partial charge in [-0.25, -0.2) is 9.40 Å². The number of hydrogen-bond donors (Lipinski definition) is 1. The van der Waals surface area contributed by atoms with Crippen molar-refractivity contribution < 1.29 is 18.4 Å². The van der Waals surface area contributed by atoms with E-state index in [-0.39, 0.29) is 42.0 Å². The second kappa shape index (κ2) is 8.31. The normalized spacial score (nSPS) is 21.1. The topological polar surface area (TPSA) is 110 Å². The van der Waals surface area contributed by atoms with Crippen LogP contribution in [0.3, 0.4) is 0 Å². The highest BCUT2D eigenvalue weighted by atomic mass is 19.1. The molecule has 1 amide bonds. The first-order chi connectivity index (χ1) is 14.8. The molecule has 3 heterocycles. The molecule has 2 N–H and O–H groups in total. The summed E-state index contributed by atoms with van der Waals surface area (Å²) in [6, 6.07) is 6.26. The lowest BCUT2D eigenvalue weighted by Crippen LogP contribution is -2.42. The summed E-state index contributed by atoms with van der Waals surface area (Å²) >= 11 is 0. The molecule has 10 heteroatoms. The Balaban J connectivity index is 1.44. The van der Waals surface area contributed by atoms with Crippen molar-refractivity contribution >= 4 is 12.2 Å². The van der Waals surface area contributed by atoms with Gasteiger partial charge in [0.1, 0.15) is 30.2 Å². The van der Waals surface area contributed by atoms with Gasteiger partial charge in [-0.15, -0.1) is 0 Å².